The smallest absolute Gasteiger partial charge is 0.251 e. The standard InChI is InChI=1S/C23H24N6O2/c1-15-4-2-5-17(10-15)23(31)28-12-18-8-7-16(22(24)25)11-20(18)27-14-21(30)29-19-6-3-9-26-13-19/h2-11,13,27H,12,14H2,1H3,(H3,24,25)(H,28,31)(H,29,30). The van der Waals surface area contributed by atoms with Crippen LogP contribution in [0, 0.1) is 12.3 Å². The van der Waals surface area contributed by atoms with Gasteiger partial charge < -0.3 is 21.7 Å². The molecule has 8 nitrogen and oxygen atoms in total. The second-order valence-corrected chi connectivity index (χ2v) is 6.98. The molecule has 31 heavy (non-hydrogen) atoms. The summed E-state index contributed by atoms with van der Waals surface area (Å²) in [7, 11) is 0. The number of aryl methyl sites for hydroxylation is 1. The van der Waals surface area contributed by atoms with Crippen LogP contribution in [0.2, 0.25) is 0 Å². The number of nitrogen functional groups attached to an aromatic ring is 1. The number of hydrogen-bond donors (Lipinski definition) is 5. The molecule has 0 aliphatic carbocycles. The molecular weight excluding hydrogens is 392 g/mol. The van der Waals surface area contributed by atoms with Gasteiger partial charge in [0.05, 0.1) is 18.4 Å². The molecule has 2 amide bonds. The topological polar surface area (TPSA) is 133 Å². The number of aromatic nitrogens is 1. The van der Waals surface area contributed by atoms with Gasteiger partial charge in [0.1, 0.15) is 5.84 Å². The highest BCUT2D eigenvalue weighted by molar-refractivity contribution is 5.97. The van der Waals surface area contributed by atoms with Crippen LogP contribution in [0.4, 0.5) is 11.4 Å². The summed E-state index contributed by atoms with van der Waals surface area (Å²) in [5.74, 6) is -0.534. The van der Waals surface area contributed by atoms with Crippen molar-refractivity contribution in [2.24, 2.45) is 5.73 Å². The lowest BCUT2D eigenvalue weighted by atomic mass is 10.1. The Balaban J connectivity index is 1.69. The Morgan fingerprint density at radius 1 is 1.06 bits per heavy atom. The molecular formula is C23H24N6O2. The number of nitrogens with two attached hydrogens (primary N) is 1. The zero-order valence-corrected chi connectivity index (χ0v) is 17.1. The summed E-state index contributed by atoms with van der Waals surface area (Å²) in [5, 5.41) is 16.4. The molecule has 2 aromatic carbocycles. The average Bonchev–Trinajstić information content (AvgIpc) is 2.77. The SMILES string of the molecule is Cc1cccc(C(=O)NCc2ccc(C(=N)N)cc2NCC(=O)Nc2cccnc2)c1. The van der Waals surface area contributed by atoms with Crippen molar-refractivity contribution in [3.63, 3.8) is 0 Å². The number of amidine groups is 1. The first-order valence-corrected chi connectivity index (χ1v) is 9.68. The first-order chi connectivity index (χ1) is 14.9. The van der Waals surface area contributed by atoms with Gasteiger partial charge in [-0.25, -0.2) is 0 Å². The fraction of sp³-hybridized carbons (Fsp3) is 0.130. The van der Waals surface area contributed by atoms with Crippen LogP contribution in [0.3, 0.4) is 0 Å². The van der Waals surface area contributed by atoms with Crippen molar-refractivity contribution >= 4 is 29.0 Å². The number of carbonyl (C=O) groups is 2. The van der Waals surface area contributed by atoms with Gasteiger partial charge in [-0.05, 0) is 42.8 Å². The molecule has 3 rings (SSSR count). The Morgan fingerprint density at radius 3 is 2.61 bits per heavy atom. The van der Waals surface area contributed by atoms with Gasteiger partial charge in [-0.2, -0.15) is 0 Å². The second kappa shape index (κ2) is 10.0. The maximum absolute atomic E-state index is 12.5. The summed E-state index contributed by atoms with van der Waals surface area (Å²) in [4.78, 5) is 28.7. The van der Waals surface area contributed by atoms with E-state index in [9.17, 15) is 9.59 Å². The third kappa shape index (κ3) is 6.14. The lowest BCUT2D eigenvalue weighted by Gasteiger charge is -2.15. The molecule has 0 spiro atoms. The van der Waals surface area contributed by atoms with E-state index in [1.54, 1.807) is 48.8 Å². The second-order valence-electron chi connectivity index (χ2n) is 6.98. The summed E-state index contributed by atoms with van der Waals surface area (Å²) in [6.07, 6.45) is 3.18. The van der Waals surface area contributed by atoms with Crippen molar-refractivity contribution in [1.29, 1.82) is 5.41 Å². The zero-order chi connectivity index (χ0) is 22.2. The van der Waals surface area contributed by atoms with Crippen LogP contribution in [-0.2, 0) is 11.3 Å². The molecule has 158 valence electrons. The maximum Gasteiger partial charge on any atom is 0.251 e. The molecule has 0 saturated carbocycles. The number of nitrogens with zero attached hydrogens (tertiary/aromatic N) is 1. The number of carbonyl (C=O) groups excluding carboxylic acids is 2. The van der Waals surface area contributed by atoms with E-state index in [-0.39, 0.29) is 30.7 Å². The van der Waals surface area contributed by atoms with E-state index in [0.717, 1.165) is 11.1 Å². The van der Waals surface area contributed by atoms with E-state index in [0.29, 0.717) is 22.5 Å². The van der Waals surface area contributed by atoms with Crippen LogP contribution in [0.5, 0.6) is 0 Å². The van der Waals surface area contributed by atoms with Gasteiger partial charge in [0.25, 0.3) is 5.91 Å². The first kappa shape index (κ1) is 21.5. The third-order valence-corrected chi connectivity index (χ3v) is 4.53. The number of anilines is 2. The molecule has 6 N–H and O–H groups in total. The van der Waals surface area contributed by atoms with Gasteiger partial charge in [0, 0.05) is 29.6 Å². The van der Waals surface area contributed by atoms with Crippen molar-refractivity contribution in [3.05, 3.63) is 89.2 Å². The van der Waals surface area contributed by atoms with Gasteiger partial charge in [-0.1, -0.05) is 29.8 Å². The number of hydrogen-bond acceptors (Lipinski definition) is 5. The molecule has 0 fully saturated rings. The van der Waals surface area contributed by atoms with E-state index < -0.39 is 0 Å². The van der Waals surface area contributed by atoms with Crippen molar-refractivity contribution in [2.45, 2.75) is 13.5 Å². The summed E-state index contributed by atoms with van der Waals surface area (Å²) >= 11 is 0. The van der Waals surface area contributed by atoms with Crippen LogP contribution in [0.1, 0.15) is 27.0 Å². The molecule has 0 atom stereocenters. The van der Waals surface area contributed by atoms with Gasteiger partial charge in [-0.3, -0.25) is 20.0 Å². The average molecular weight is 416 g/mol. The molecule has 8 heteroatoms. The van der Waals surface area contributed by atoms with Crippen molar-refractivity contribution < 1.29 is 9.59 Å². The molecule has 1 heterocycles. The van der Waals surface area contributed by atoms with E-state index in [1.807, 2.05) is 25.1 Å². The Bertz CT molecular complexity index is 1100. The number of benzene rings is 2. The van der Waals surface area contributed by atoms with Crippen LogP contribution in [-0.4, -0.2) is 29.2 Å². The highest BCUT2D eigenvalue weighted by atomic mass is 16.2. The van der Waals surface area contributed by atoms with Crippen LogP contribution < -0.4 is 21.7 Å². The number of amides is 2. The Morgan fingerprint density at radius 2 is 1.90 bits per heavy atom. The number of rotatable bonds is 8. The number of pyridine rings is 1. The summed E-state index contributed by atoms with van der Waals surface area (Å²) < 4.78 is 0. The van der Waals surface area contributed by atoms with E-state index >= 15 is 0 Å². The predicted molar refractivity (Wildman–Crippen MR) is 121 cm³/mol. The maximum atomic E-state index is 12.5. The van der Waals surface area contributed by atoms with E-state index in [1.165, 1.54) is 0 Å². The fourth-order valence-corrected chi connectivity index (χ4v) is 2.94. The zero-order valence-electron chi connectivity index (χ0n) is 17.1. The van der Waals surface area contributed by atoms with Gasteiger partial charge in [0.2, 0.25) is 5.91 Å². The van der Waals surface area contributed by atoms with Crippen LogP contribution >= 0.6 is 0 Å². The monoisotopic (exact) mass is 416 g/mol. The van der Waals surface area contributed by atoms with Crippen LogP contribution in [0.25, 0.3) is 0 Å². The van der Waals surface area contributed by atoms with Crippen molar-refractivity contribution in [1.82, 2.24) is 10.3 Å². The fourth-order valence-electron chi connectivity index (χ4n) is 2.94. The minimum Gasteiger partial charge on any atom is -0.384 e. The third-order valence-electron chi connectivity index (χ3n) is 4.53. The molecule has 0 unspecified atom stereocenters. The van der Waals surface area contributed by atoms with Gasteiger partial charge >= 0.3 is 0 Å². The lowest BCUT2D eigenvalue weighted by molar-refractivity contribution is -0.114. The largest absolute Gasteiger partial charge is 0.384 e. The van der Waals surface area contributed by atoms with E-state index in [2.05, 4.69) is 20.9 Å². The van der Waals surface area contributed by atoms with Crippen molar-refractivity contribution in [3.8, 4) is 0 Å². The summed E-state index contributed by atoms with van der Waals surface area (Å²) in [6, 6.07) is 16.0. The summed E-state index contributed by atoms with van der Waals surface area (Å²) in [6.45, 7) is 2.17. The predicted octanol–water partition coefficient (Wildman–Crippen LogP) is 2.65. The highest BCUT2D eigenvalue weighted by Gasteiger charge is 2.11. The normalized spacial score (nSPS) is 10.2. The molecule has 3 aromatic rings. The van der Waals surface area contributed by atoms with E-state index in [4.69, 9.17) is 11.1 Å². The van der Waals surface area contributed by atoms with Gasteiger partial charge in [0.15, 0.2) is 0 Å². The lowest BCUT2D eigenvalue weighted by Crippen LogP contribution is -2.25. The molecule has 0 saturated heterocycles. The van der Waals surface area contributed by atoms with Crippen LogP contribution in [0.15, 0.2) is 67.0 Å². The minimum absolute atomic E-state index is 0.00488. The molecule has 1 aromatic heterocycles. The summed E-state index contributed by atoms with van der Waals surface area (Å²) in [5.41, 5.74) is 9.66. The van der Waals surface area contributed by atoms with Crippen molar-refractivity contribution in [2.75, 3.05) is 17.2 Å². The molecule has 0 aliphatic heterocycles. The molecule has 0 radical (unpaired) electrons. The Hall–Kier alpha value is -4.20. The Labute approximate surface area is 180 Å². The van der Waals surface area contributed by atoms with Gasteiger partial charge in [-0.15, -0.1) is 0 Å². The Kier molecular flexibility index (Phi) is 6.95. The molecule has 0 aliphatic rings. The highest BCUT2D eigenvalue weighted by Crippen LogP contribution is 2.18. The quantitative estimate of drug-likeness (QED) is 0.284. The molecule has 0 bridgehead atoms. The first-order valence-electron chi connectivity index (χ1n) is 9.68. The number of nitrogens with one attached hydrogen (secondary N) is 4. The minimum atomic E-state index is -0.254.